The fraction of sp³-hybridized carbons (Fsp3) is 0.615. The Kier molecular flexibility index (Phi) is 5.65. The largest absolute Gasteiger partial charge is 0.342 e. The molecule has 4 heteroatoms. The lowest BCUT2D eigenvalue weighted by Gasteiger charge is -2.25. The molecule has 1 amide bonds. The number of hydrogen-bond donors (Lipinski definition) is 1. The van der Waals surface area contributed by atoms with Gasteiger partial charge in [0.25, 0.3) is 0 Å². The molecule has 96 valence electrons. The van der Waals surface area contributed by atoms with Gasteiger partial charge in [0.2, 0.25) is 5.91 Å². The Morgan fingerprint density at radius 3 is 2.53 bits per heavy atom. The van der Waals surface area contributed by atoms with E-state index in [9.17, 15) is 4.79 Å². The number of nitrogens with zero attached hydrogens (tertiary/aromatic N) is 1. The number of thiophene rings is 1. The molecule has 17 heavy (non-hydrogen) atoms. The van der Waals surface area contributed by atoms with Crippen molar-refractivity contribution in [1.82, 2.24) is 10.2 Å². The van der Waals surface area contributed by atoms with Gasteiger partial charge in [-0.25, -0.2) is 0 Å². The molecule has 3 nitrogen and oxygen atoms in total. The molecule has 0 radical (unpaired) electrons. The third-order valence-electron chi connectivity index (χ3n) is 2.92. The summed E-state index contributed by atoms with van der Waals surface area (Å²) >= 11 is 1.72. The van der Waals surface area contributed by atoms with Crippen molar-refractivity contribution in [1.29, 1.82) is 0 Å². The van der Waals surface area contributed by atoms with Gasteiger partial charge < -0.3 is 4.90 Å². The predicted octanol–water partition coefficient (Wildman–Crippen LogP) is 2.66. The Hall–Kier alpha value is -0.870. The second kappa shape index (κ2) is 6.77. The van der Waals surface area contributed by atoms with E-state index in [0.29, 0.717) is 0 Å². The first-order valence-electron chi connectivity index (χ1n) is 6.18. The summed E-state index contributed by atoms with van der Waals surface area (Å²) in [5.74, 6) is 0.179. The average molecular weight is 254 g/mol. The third kappa shape index (κ3) is 3.82. The van der Waals surface area contributed by atoms with Crippen molar-refractivity contribution >= 4 is 17.2 Å². The lowest BCUT2D eigenvalue weighted by atomic mass is 10.2. The number of hydrogen-bond acceptors (Lipinski definition) is 3. The summed E-state index contributed by atoms with van der Waals surface area (Å²) in [5.41, 5.74) is 0. The number of likely N-dealkylation sites (N-methyl/N-ethyl adjacent to an activating group) is 1. The Morgan fingerprint density at radius 1 is 1.41 bits per heavy atom. The van der Waals surface area contributed by atoms with Crippen LogP contribution in [0.1, 0.15) is 38.6 Å². The van der Waals surface area contributed by atoms with Gasteiger partial charge in [0.05, 0.1) is 6.04 Å². The molecule has 1 aromatic heterocycles. The molecule has 0 spiro atoms. The minimum Gasteiger partial charge on any atom is -0.342 e. The summed E-state index contributed by atoms with van der Waals surface area (Å²) in [5, 5.41) is 5.41. The molecule has 0 saturated carbocycles. The van der Waals surface area contributed by atoms with E-state index < -0.39 is 0 Å². The van der Waals surface area contributed by atoms with E-state index in [1.54, 1.807) is 11.3 Å². The molecular formula is C13H22N2OS. The molecule has 0 aliphatic heterocycles. The van der Waals surface area contributed by atoms with Crippen LogP contribution in [0.4, 0.5) is 0 Å². The molecule has 1 rings (SSSR count). The quantitative estimate of drug-likeness (QED) is 0.846. The van der Waals surface area contributed by atoms with Crippen LogP contribution in [-0.2, 0) is 4.79 Å². The maximum Gasteiger partial charge on any atom is 0.239 e. The van der Waals surface area contributed by atoms with Crippen LogP contribution >= 0.6 is 11.3 Å². The van der Waals surface area contributed by atoms with Crippen molar-refractivity contribution in [2.45, 2.75) is 39.8 Å². The van der Waals surface area contributed by atoms with Gasteiger partial charge in [-0.15, -0.1) is 11.3 Å². The van der Waals surface area contributed by atoms with E-state index in [4.69, 9.17) is 0 Å². The van der Waals surface area contributed by atoms with Gasteiger partial charge in [-0.1, -0.05) is 6.07 Å². The topological polar surface area (TPSA) is 32.3 Å². The molecule has 1 heterocycles. The molecule has 0 aromatic carbocycles. The Bertz CT molecular complexity index is 333. The van der Waals surface area contributed by atoms with E-state index in [0.717, 1.165) is 13.1 Å². The van der Waals surface area contributed by atoms with Gasteiger partial charge >= 0.3 is 0 Å². The van der Waals surface area contributed by atoms with Crippen molar-refractivity contribution in [3.8, 4) is 0 Å². The van der Waals surface area contributed by atoms with E-state index in [1.165, 1.54) is 4.88 Å². The van der Waals surface area contributed by atoms with Crippen molar-refractivity contribution in [3.63, 3.8) is 0 Å². The van der Waals surface area contributed by atoms with Gasteiger partial charge in [-0.3, -0.25) is 10.1 Å². The maximum absolute atomic E-state index is 12.1. The summed E-state index contributed by atoms with van der Waals surface area (Å²) < 4.78 is 0. The zero-order chi connectivity index (χ0) is 12.8. The highest BCUT2D eigenvalue weighted by Gasteiger charge is 2.20. The summed E-state index contributed by atoms with van der Waals surface area (Å²) in [6.07, 6.45) is 0. The van der Waals surface area contributed by atoms with Gasteiger partial charge in [0.15, 0.2) is 0 Å². The average Bonchev–Trinajstić information content (AvgIpc) is 2.83. The number of amides is 1. The van der Waals surface area contributed by atoms with Gasteiger partial charge in [-0.05, 0) is 39.1 Å². The Balaban J connectivity index is 2.54. The van der Waals surface area contributed by atoms with E-state index >= 15 is 0 Å². The van der Waals surface area contributed by atoms with Gasteiger partial charge in [0, 0.05) is 24.0 Å². The van der Waals surface area contributed by atoms with Crippen molar-refractivity contribution in [2.75, 3.05) is 13.1 Å². The van der Waals surface area contributed by atoms with Crippen LogP contribution in [0.25, 0.3) is 0 Å². The summed E-state index contributed by atoms with van der Waals surface area (Å²) in [7, 11) is 0. The van der Waals surface area contributed by atoms with Crippen LogP contribution in [0, 0.1) is 0 Å². The summed E-state index contributed by atoms with van der Waals surface area (Å²) in [6, 6.07) is 4.22. The molecular weight excluding hydrogens is 232 g/mol. The molecule has 0 aliphatic rings. The minimum absolute atomic E-state index is 0.132. The zero-order valence-corrected chi connectivity index (χ0v) is 11.9. The monoisotopic (exact) mass is 254 g/mol. The molecule has 0 aliphatic carbocycles. The van der Waals surface area contributed by atoms with Crippen LogP contribution in [0.2, 0.25) is 0 Å². The number of nitrogens with one attached hydrogen (secondary N) is 1. The minimum atomic E-state index is -0.132. The number of rotatable bonds is 6. The Labute approximate surface area is 108 Å². The van der Waals surface area contributed by atoms with Crippen LogP contribution in [0.3, 0.4) is 0 Å². The van der Waals surface area contributed by atoms with Crippen molar-refractivity contribution in [3.05, 3.63) is 22.4 Å². The first-order chi connectivity index (χ1) is 8.10. The van der Waals surface area contributed by atoms with Crippen LogP contribution in [-0.4, -0.2) is 29.9 Å². The fourth-order valence-corrected chi connectivity index (χ4v) is 2.62. The first kappa shape index (κ1) is 14.2. The highest BCUT2D eigenvalue weighted by atomic mass is 32.1. The molecule has 1 aromatic rings. The second-order valence-electron chi connectivity index (χ2n) is 4.14. The van der Waals surface area contributed by atoms with E-state index in [1.807, 2.05) is 31.7 Å². The van der Waals surface area contributed by atoms with Crippen molar-refractivity contribution < 1.29 is 4.79 Å². The lowest BCUT2D eigenvalue weighted by Crippen LogP contribution is -2.45. The Morgan fingerprint density at radius 2 is 2.06 bits per heavy atom. The highest BCUT2D eigenvalue weighted by molar-refractivity contribution is 7.10. The van der Waals surface area contributed by atoms with E-state index in [-0.39, 0.29) is 18.0 Å². The summed E-state index contributed by atoms with van der Waals surface area (Å²) in [6.45, 7) is 9.60. The van der Waals surface area contributed by atoms with Gasteiger partial charge in [-0.2, -0.15) is 0 Å². The molecule has 2 atom stereocenters. The molecule has 0 saturated heterocycles. The van der Waals surface area contributed by atoms with Crippen LogP contribution in [0.5, 0.6) is 0 Å². The first-order valence-corrected chi connectivity index (χ1v) is 7.06. The third-order valence-corrected chi connectivity index (χ3v) is 3.97. The van der Waals surface area contributed by atoms with Crippen LogP contribution < -0.4 is 5.32 Å². The highest BCUT2D eigenvalue weighted by Crippen LogP contribution is 2.18. The second-order valence-corrected chi connectivity index (χ2v) is 5.12. The van der Waals surface area contributed by atoms with Gasteiger partial charge in [0.1, 0.15) is 0 Å². The predicted molar refractivity (Wildman–Crippen MR) is 73.3 cm³/mol. The van der Waals surface area contributed by atoms with Crippen molar-refractivity contribution in [2.24, 2.45) is 0 Å². The fourth-order valence-electron chi connectivity index (χ4n) is 1.88. The normalized spacial score (nSPS) is 14.4. The molecule has 0 fully saturated rings. The molecule has 1 unspecified atom stereocenters. The SMILES string of the molecule is CCN(CC)C(=O)C(C)N[C@@H](C)c1cccs1. The van der Waals surface area contributed by atoms with Crippen LogP contribution in [0.15, 0.2) is 17.5 Å². The lowest BCUT2D eigenvalue weighted by molar-refractivity contribution is -0.132. The molecule has 1 N–H and O–H groups in total. The maximum atomic E-state index is 12.1. The smallest absolute Gasteiger partial charge is 0.239 e. The number of carbonyl (C=O) groups is 1. The number of carbonyl (C=O) groups excluding carboxylic acids is 1. The summed E-state index contributed by atoms with van der Waals surface area (Å²) in [4.78, 5) is 15.2. The molecule has 0 bridgehead atoms. The zero-order valence-electron chi connectivity index (χ0n) is 11.1. The van der Waals surface area contributed by atoms with E-state index in [2.05, 4.69) is 23.7 Å². The standard InChI is InChI=1S/C13H22N2OS/c1-5-15(6-2)13(16)11(4)14-10(3)12-8-7-9-17-12/h7-11,14H,5-6H2,1-4H3/t10-,11?/m0/s1.